The Balaban J connectivity index is 1.59. The van der Waals surface area contributed by atoms with Crippen molar-refractivity contribution in [3.63, 3.8) is 0 Å². The van der Waals surface area contributed by atoms with Gasteiger partial charge in [0.1, 0.15) is 12.6 Å². The van der Waals surface area contributed by atoms with Crippen molar-refractivity contribution in [1.29, 1.82) is 0 Å². The molecule has 3 rings (SSSR count). The summed E-state index contributed by atoms with van der Waals surface area (Å²) in [6.07, 6.45) is 3.84. The Morgan fingerprint density at radius 1 is 1.12 bits per heavy atom. The molecule has 2 N–H and O–H groups in total. The van der Waals surface area contributed by atoms with E-state index in [4.69, 9.17) is 4.74 Å². The van der Waals surface area contributed by atoms with E-state index in [9.17, 15) is 9.59 Å². The van der Waals surface area contributed by atoms with Gasteiger partial charge in [-0.1, -0.05) is 30.3 Å². The molecule has 0 bridgehead atoms. The normalized spacial score (nSPS) is 19.5. The Bertz CT molecular complexity index is 581. The van der Waals surface area contributed by atoms with Crippen LogP contribution in [0.5, 0.6) is 0 Å². The second-order valence-corrected chi connectivity index (χ2v) is 6.88. The lowest BCUT2D eigenvalue weighted by molar-refractivity contribution is -0.136. The van der Waals surface area contributed by atoms with Gasteiger partial charge in [-0.05, 0) is 31.2 Å². The van der Waals surface area contributed by atoms with Gasteiger partial charge in [0.05, 0.1) is 0 Å². The zero-order chi connectivity index (χ0) is 17.6. The van der Waals surface area contributed by atoms with Crippen LogP contribution >= 0.6 is 0 Å². The fraction of sp³-hybridized carbons (Fsp3) is 0.579. The first-order chi connectivity index (χ1) is 12.2. The third-order valence-electron chi connectivity index (χ3n) is 4.84. The maximum atomic E-state index is 12.7. The van der Waals surface area contributed by atoms with Crippen molar-refractivity contribution in [3.05, 3.63) is 35.9 Å². The molecular weight excluding hydrogens is 318 g/mol. The number of hydrogen-bond donors (Lipinski definition) is 2. The highest BCUT2D eigenvalue weighted by atomic mass is 16.5. The summed E-state index contributed by atoms with van der Waals surface area (Å²) in [7, 11) is 1.54. The molecule has 1 aromatic rings. The van der Waals surface area contributed by atoms with Gasteiger partial charge >= 0.3 is 0 Å². The number of hydrogen-bond acceptors (Lipinski definition) is 4. The summed E-state index contributed by atoms with van der Waals surface area (Å²) in [6.45, 7) is 1.53. The molecule has 1 saturated carbocycles. The molecule has 0 aromatic heterocycles. The molecule has 1 saturated heterocycles. The highest BCUT2D eigenvalue weighted by Crippen LogP contribution is 2.22. The molecular formula is C19H27N3O3. The van der Waals surface area contributed by atoms with Crippen LogP contribution in [0.1, 0.15) is 37.3 Å². The lowest BCUT2D eigenvalue weighted by Gasteiger charge is -2.34. The number of nitrogens with zero attached hydrogens (tertiary/aromatic N) is 1. The smallest absolute Gasteiger partial charge is 0.248 e. The summed E-state index contributed by atoms with van der Waals surface area (Å²) in [5.41, 5.74) is 0.985. The first-order valence-electron chi connectivity index (χ1n) is 9.05. The fourth-order valence-electron chi connectivity index (χ4n) is 3.23. The van der Waals surface area contributed by atoms with Gasteiger partial charge in [0.15, 0.2) is 0 Å². The van der Waals surface area contributed by atoms with E-state index in [0.717, 1.165) is 31.2 Å². The van der Waals surface area contributed by atoms with Crippen molar-refractivity contribution in [2.45, 2.75) is 43.8 Å². The standard InChI is InChI=1S/C19H27N3O3/c1-25-13-17(23)22-11-9-16(10-12-22)20-18(14-5-3-2-4-6-14)19(24)21-15-7-8-15/h2-6,15-16,18,20H,7-13H2,1H3,(H,21,24). The van der Waals surface area contributed by atoms with Crippen molar-refractivity contribution < 1.29 is 14.3 Å². The van der Waals surface area contributed by atoms with Crippen LogP contribution in [-0.2, 0) is 14.3 Å². The van der Waals surface area contributed by atoms with Crippen LogP contribution in [0.15, 0.2) is 30.3 Å². The predicted molar refractivity (Wildman–Crippen MR) is 95.0 cm³/mol. The Morgan fingerprint density at radius 2 is 1.80 bits per heavy atom. The number of likely N-dealkylation sites (tertiary alicyclic amines) is 1. The largest absolute Gasteiger partial charge is 0.375 e. The molecule has 136 valence electrons. The molecule has 2 fully saturated rings. The van der Waals surface area contributed by atoms with E-state index in [-0.39, 0.29) is 30.5 Å². The first kappa shape index (κ1) is 17.9. The summed E-state index contributed by atoms with van der Waals surface area (Å²) in [6, 6.07) is 10.1. The lowest BCUT2D eigenvalue weighted by Crippen LogP contribution is -2.49. The molecule has 1 unspecified atom stereocenters. The van der Waals surface area contributed by atoms with E-state index in [1.54, 1.807) is 0 Å². The monoisotopic (exact) mass is 345 g/mol. The van der Waals surface area contributed by atoms with Gasteiger partial charge in [-0.15, -0.1) is 0 Å². The number of methoxy groups -OCH3 is 1. The van der Waals surface area contributed by atoms with Crippen LogP contribution in [0, 0.1) is 0 Å². The first-order valence-corrected chi connectivity index (χ1v) is 9.05. The summed E-state index contributed by atoms with van der Waals surface area (Å²) in [5, 5.41) is 6.62. The van der Waals surface area contributed by atoms with E-state index in [0.29, 0.717) is 19.1 Å². The number of carbonyl (C=O) groups is 2. The summed E-state index contributed by atoms with van der Waals surface area (Å²) < 4.78 is 4.92. The van der Waals surface area contributed by atoms with Crippen LogP contribution in [0.3, 0.4) is 0 Å². The second kappa shape index (κ2) is 8.45. The van der Waals surface area contributed by atoms with Crippen molar-refractivity contribution in [1.82, 2.24) is 15.5 Å². The minimum absolute atomic E-state index is 0.0343. The van der Waals surface area contributed by atoms with Crippen LogP contribution in [-0.4, -0.2) is 55.6 Å². The molecule has 1 aliphatic carbocycles. The van der Waals surface area contributed by atoms with Crippen molar-refractivity contribution >= 4 is 11.8 Å². The van der Waals surface area contributed by atoms with Crippen LogP contribution in [0.2, 0.25) is 0 Å². The van der Waals surface area contributed by atoms with Crippen LogP contribution in [0.25, 0.3) is 0 Å². The molecule has 0 spiro atoms. The van der Waals surface area contributed by atoms with E-state index in [1.807, 2.05) is 35.2 Å². The zero-order valence-electron chi connectivity index (χ0n) is 14.7. The Labute approximate surface area is 148 Å². The molecule has 25 heavy (non-hydrogen) atoms. The van der Waals surface area contributed by atoms with E-state index in [1.165, 1.54) is 7.11 Å². The second-order valence-electron chi connectivity index (χ2n) is 6.88. The number of nitrogens with one attached hydrogen (secondary N) is 2. The lowest BCUT2D eigenvalue weighted by atomic mass is 10.00. The Morgan fingerprint density at radius 3 is 2.40 bits per heavy atom. The van der Waals surface area contributed by atoms with Gasteiger partial charge in [0, 0.05) is 32.3 Å². The number of carbonyl (C=O) groups excluding carboxylic acids is 2. The molecule has 1 aromatic carbocycles. The average molecular weight is 345 g/mol. The number of piperidine rings is 1. The van der Waals surface area contributed by atoms with Crippen molar-refractivity contribution in [2.24, 2.45) is 0 Å². The third-order valence-corrected chi connectivity index (χ3v) is 4.84. The van der Waals surface area contributed by atoms with Crippen molar-refractivity contribution in [2.75, 3.05) is 26.8 Å². The number of rotatable bonds is 7. The van der Waals surface area contributed by atoms with E-state index < -0.39 is 0 Å². The van der Waals surface area contributed by atoms with Gasteiger partial charge in [0.2, 0.25) is 11.8 Å². The third kappa shape index (κ3) is 5.03. The van der Waals surface area contributed by atoms with Crippen LogP contribution < -0.4 is 10.6 Å². The summed E-state index contributed by atoms with van der Waals surface area (Å²) in [5.74, 6) is 0.0821. The zero-order valence-corrected chi connectivity index (χ0v) is 14.7. The molecule has 1 heterocycles. The van der Waals surface area contributed by atoms with Crippen LogP contribution in [0.4, 0.5) is 0 Å². The molecule has 2 aliphatic rings. The van der Waals surface area contributed by atoms with Gasteiger partial charge < -0.3 is 15.0 Å². The number of ether oxygens (including phenoxy) is 1. The molecule has 0 radical (unpaired) electrons. The average Bonchev–Trinajstić information content (AvgIpc) is 3.45. The number of amides is 2. The minimum atomic E-state index is -0.340. The SMILES string of the molecule is COCC(=O)N1CCC(NC(C(=O)NC2CC2)c2ccccc2)CC1. The number of benzene rings is 1. The van der Waals surface area contributed by atoms with Crippen molar-refractivity contribution in [3.8, 4) is 0 Å². The topological polar surface area (TPSA) is 70.7 Å². The highest BCUT2D eigenvalue weighted by Gasteiger charge is 2.31. The fourth-order valence-corrected chi connectivity index (χ4v) is 3.23. The molecule has 6 heteroatoms. The quantitative estimate of drug-likeness (QED) is 0.780. The van der Waals surface area contributed by atoms with Gasteiger partial charge in [-0.3, -0.25) is 14.9 Å². The molecule has 1 atom stereocenters. The van der Waals surface area contributed by atoms with E-state index >= 15 is 0 Å². The summed E-state index contributed by atoms with van der Waals surface area (Å²) in [4.78, 5) is 26.4. The maximum absolute atomic E-state index is 12.7. The minimum Gasteiger partial charge on any atom is -0.375 e. The molecule has 1 aliphatic heterocycles. The maximum Gasteiger partial charge on any atom is 0.248 e. The highest BCUT2D eigenvalue weighted by molar-refractivity contribution is 5.83. The van der Waals surface area contributed by atoms with E-state index in [2.05, 4.69) is 10.6 Å². The summed E-state index contributed by atoms with van der Waals surface area (Å²) >= 11 is 0. The molecule has 6 nitrogen and oxygen atoms in total. The van der Waals surface area contributed by atoms with Gasteiger partial charge in [-0.2, -0.15) is 0 Å². The molecule has 2 amide bonds. The van der Waals surface area contributed by atoms with Gasteiger partial charge in [-0.25, -0.2) is 0 Å². The Hall–Kier alpha value is -1.92. The predicted octanol–water partition coefficient (Wildman–Crippen LogP) is 1.23. The Kier molecular flexibility index (Phi) is 6.04. The van der Waals surface area contributed by atoms with Gasteiger partial charge in [0.25, 0.3) is 0 Å².